The Kier molecular flexibility index (Phi) is 9.94. The van der Waals surface area contributed by atoms with E-state index in [0.717, 1.165) is 16.8 Å². The molecule has 0 radical (unpaired) electrons. The minimum absolute atomic E-state index is 0.127. The van der Waals surface area contributed by atoms with Crippen LogP contribution in [0.4, 0.5) is 16.2 Å². The van der Waals surface area contributed by atoms with Gasteiger partial charge in [-0.25, -0.2) is 23.3 Å². The summed E-state index contributed by atoms with van der Waals surface area (Å²) in [5, 5.41) is 25.0. The molecule has 6 N–H and O–H groups in total. The van der Waals surface area contributed by atoms with Crippen LogP contribution in [0.5, 0.6) is 5.75 Å². The molecule has 0 saturated carbocycles. The van der Waals surface area contributed by atoms with Crippen molar-refractivity contribution in [2.75, 3.05) is 10.2 Å². The number of thiazole rings is 1. The van der Waals surface area contributed by atoms with E-state index in [1.165, 1.54) is 29.5 Å². The summed E-state index contributed by atoms with van der Waals surface area (Å²) in [4.78, 5) is 19.6. The number of amides is 2. The number of phenolic OH excluding ortho intramolecular Hbond substituents is 1. The monoisotopic (exact) mass is 652 g/mol. The van der Waals surface area contributed by atoms with Gasteiger partial charge in [0.15, 0.2) is 5.11 Å². The molecule has 0 unspecified atom stereocenters. The Balaban J connectivity index is 1.54. The van der Waals surface area contributed by atoms with Crippen LogP contribution in [0.15, 0.2) is 77.8 Å². The Morgan fingerprint density at radius 1 is 1.07 bits per heavy atom. The van der Waals surface area contributed by atoms with Crippen LogP contribution in [0, 0.1) is 0 Å². The zero-order chi connectivity index (χ0) is 32.2. The van der Waals surface area contributed by atoms with Crippen molar-refractivity contribution in [1.82, 2.24) is 15.6 Å². The zero-order valence-corrected chi connectivity index (χ0v) is 27.5. The van der Waals surface area contributed by atoms with E-state index < -0.39 is 16.1 Å². The van der Waals surface area contributed by atoms with Crippen LogP contribution in [0.2, 0.25) is 0 Å². The maximum absolute atomic E-state index is 12.6. The van der Waals surface area contributed by atoms with Gasteiger partial charge in [-0.15, -0.1) is 11.3 Å². The van der Waals surface area contributed by atoms with Crippen LogP contribution < -0.4 is 26.0 Å². The molecule has 4 rings (SSSR count). The predicted molar refractivity (Wildman–Crippen MR) is 181 cm³/mol. The van der Waals surface area contributed by atoms with E-state index in [4.69, 9.17) is 17.4 Å². The number of rotatable bonds is 8. The first-order valence-corrected chi connectivity index (χ1v) is 16.6. The van der Waals surface area contributed by atoms with Crippen molar-refractivity contribution in [2.24, 2.45) is 5.14 Å². The lowest BCUT2D eigenvalue weighted by molar-refractivity contribution is 0.251. The largest absolute Gasteiger partial charge is 0.508 e. The van der Waals surface area contributed by atoms with Gasteiger partial charge in [0.25, 0.3) is 0 Å². The fraction of sp³-hybridized carbons (Fsp3) is 0.258. The number of hydrogen-bond acceptors (Lipinski definition) is 7. The quantitative estimate of drug-likeness (QED) is 0.145. The molecule has 4 aromatic rings. The highest BCUT2D eigenvalue weighted by atomic mass is 32.2. The lowest BCUT2D eigenvalue weighted by atomic mass is 10.0. The summed E-state index contributed by atoms with van der Waals surface area (Å²) >= 11 is 7.02. The van der Waals surface area contributed by atoms with E-state index in [1.807, 2.05) is 38.1 Å². The second kappa shape index (κ2) is 13.3. The molecule has 0 aliphatic rings. The molecular weight excluding hydrogens is 617 g/mol. The van der Waals surface area contributed by atoms with E-state index in [2.05, 4.69) is 46.6 Å². The predicted octanol–water partition coefficient (Wildman–Crippen LogP) is 6.04. The van der Waals surface area contributed by atoms with Gasteiger partial charge in [0.1, 0.15) is 10.8 Å². The molecule has 0 fully saturated rings. The van der Waals surface area contributed by atoms with E-state index in [1.54, 1.807) is 30.5 Å². The number of carbonyl (C=O) groups is 1. The normalized spacial score (nSPS) is 11.7. The average molecular weight is 653 g/mol. The summed E-state index contributed by atoms with van der Waals surface area (Å²) in [6, 6.07) is 18.5. The summed E-state index contributed by atoms with van der Waals surface area (Å²) in [5.41, 5.74) is 2.96. The highest BCUT2D eigenvalue weighted by Crippen LogP contribution is 2.37. The fourth-order valence-corrected chi connectivity index (χ4v) is 6.83. The van der Waals surface area contributed by atoms with Crippen LogP contribution in [0.25, 0.3) is 21.0 Å². The van der Waals surface area contributed by atoms with Gasteiger partial charge >= 0.3 is 6.03 Å². The average Bonchev–Trinajstić information content (AvgIpc) is 3.42. The fourth-order valence-electron chi connectivity index (χ4n) is 4.42. The number of nitrogens with two attached hydrogens (primary N) is 1. The van der Waals surface area contributed by atoms with Crippen LogP contribution in [0.3, 0.4) is 0 Å². The van der Waals surface area contributed by atoms with Crippen LogP contribution in [-0.4, -0.2) is 41.2 Å². The summed E-state index contributed by atoms with van der Waals surface area (Å²) in [7, 11) is -4.14. The minimum Gasteiger partial charge on any atom is -0.508 e. The Bertz CT molecular complexity index is 1750. The Morgan fingerprint density at radius 3 is 2.32 bits per heavy atom. The first-order chi connectivity index (χ1) is 20.6. The molecule has 1 heterocycles. The van der Waals surface area contributed by atoms with Crippen LogP contribution >= 0.6 is 23.6 Å². The van der Waals surface area contributed by atoms with Gasteiger partial charge in [-0.1, -0.05) is 18.2 Å². The number of nitrogens with one attached hydrogen (secondary N) is 3. The van der Waals surface area contributed by atoms with Crippen LogP contribution in [0.1, 0.15) is 40.2 Å². The molecule has 0 spiro atoms. The van der Waals surface area contributed by atoms with Crippen molar-refractivity contribution >= 4 is 56.1 Å². The second-order valence-electron chi connectivity index (χ2n) is 11.4. The summed E-state index contributed by atoms with van der Waals surface area (Å²) < 4.78 is 25.2. The number of anilines is 2. The standard InChI is InChI=1S/C31H36N6O4S3/c1-19(2)35-30(42)37(31(3,4)5)23-11-8-21(9-12-23)28-33-18-26(43-28)25-15-10-22(16-27(25)44(32,40)41)36-29(39)34-17-20-6-13-24(38)14-7-20/h6-16,18-19,38H,17H2,1-5H3,(H,35,42)(H2,32,40,41)(H2,34,36,39). The summed E-state index contributed by atoms with van der Waals surface area (Å²) in [5.74, 6) is 0.127. The van der Waals surface area contributed by atoms with E-state index in [-0.39, 0.29) is 34.5 Å². The molecule has 0 aliphatic carbocycles. The maximum atomic E-state index is 12.6. The number of nitrogens with zero attached hydrogens (tertiary/aromatic N) is 2. The maximum Gasteiger partial charge on any atom is 0.319 e. The lowest BCUT2D eigenvalue weighted by Gasteiger charge is -2.38. The van der Waals surface area contributed by atoms with Gasteiger partial charge in [0, 0.05) is 46.8 Å². The van der Waals surface area contributed by atoms with Gasteiger partial charge in [-0.3, -0.25) is 0 Å². The molecule has 2 amide bonds. The molecular formula is C31H36N6O4S3. The molecule has 3 aromatic carbocycles. The molecule has 44 heavy (non-hydrogen) atoms. The number of aromatic nitrogens is 1. The highest BCUT2D eigenvalue weighted by molar-refractivity contribution is 7.89. The van der Waals surface area contributed by atoms with Gasteiger partial charge in [-0.05, 0) is 101 Å². The van der Waals surface area contributed by atoms with E-state index in [9.17, 15) is 18.3 Å². The van der Waals surface area contributed by atoms with Crippen molar-refractivity contribution in [3.8, 4) is 26.8 Å². The molecule has 13 heteroatoms. The van der Waals surface area contributed by atoms with Crippen molar-refractivity contribution in [3.05, 3.63) is 78.5 Å². The zero-order valence-electron chi connectivity index (χ0n) is 25.1. The number of benzene rings is 3. The molecule has 0 bridgehead atoms. The smallest absolute Gasteiger partial charge is 0.319 e. The number of hydrogen-bond donors (Lipinski definition) is 5. The van der Waals surface area contributed by atoms with Gasteiger partial charge in [0.05, 0.1) is 9.77 Å². The van der Waals surface area contributed by atoms with Gasteiger partial charge in [-0.2, -0.15) is 0 Å². The van der Waals surface area contributed by atoms with E-state index >= 15 is 0 Å². The van der Waals surface area contributed by atoms with Crippen LogP contribution in [-0.2, 0) is 16.6 Å². The Labute approximate surface area is 267 Å². The lowest BCUT2D eigenvalue weighted by Crippen LogP contribution is -2.52. The van der Waals surface area contributed by atoms with Crippen molar-refractivity contribution in [1.29, 1.82) is 0 Å². The number of phenols is 1. The summed E-state index contributed by atoms with van der Waals surface area (Å²) in [6.45, 7) is 10.6. The number of aromatic hydroxyl groups is 1. The SMILES string of the molecule is CC(C)NC(=S)N(c1ccc(-c2ncc(-c3ccc(NC(=O)NCc4ccc(O)cc4)cc3S(N)(=O)=O)s2)cc1)C(C)(C)C. The van der Waals surface area contributed by atoms with Crippen molar-refractivity contribution in [3.63, 3.8) is 0 Å². The second-order valence-corrected chi connectivity index (χ2v) is 14.4. The minimum atomic E-state index is -4.14. The van der Waals surface area contributed by atoms with E-state index in [0.29, 0.717) is 20.6 Å². The molecule has 232 valence electrons. The molecule has 1 aromatic heterocycles. The Morgan fingerprint density at radius 2 is 1.73 bits per heavy atom. The number of urea groups is 1. The number of primary sulfonamides is 1. The van der Waals surface area contributed by atoms with Crippen molar-refractivity contribution in [2.45, 2.75) is 57.6 Å². The molecule has 0 aliphatic heterocycles. The molecule has 0 atom stereocenters. The third-order valence-electron chi connectivity index (χ3n) is 6.37. The topological polar surface area (TPSA) is 150 Å². The number of carbonyl (C=O) groups excluding carboxylic acids is 1. The Hall–Kier alpha value is -4.04. The van der Waals surface area contributed by atoms with Gasteiger partial charge in [0.2, 0.25) is 10.0 Å². The molecule has 0 saturated heterocycles. The summed E-state index contributed by atoms with van der Waals surface area (Å²) in [6.07, 6.45) is 1.61. The third kappa shape index (κ3) is 8.32. The third-order valence-corrected chi connectivity index (χ3v) is 8.70. The molecule has 10 nitrogen and oxygen atoms in total. The van der Waals surface area contributed by atoms with Crippen molar-refractivity contribution < 1.29 is 18.3 Å². The number of thiocarbonyl (C=S) groups is 1. The first kappa shape index (κ1) is 32.9. The van der Waals surface area contributed by atoms with Gasteiger partial charge < -0.3 is 26.0 Å². The highest BCUT2D eigenvalue weighted by Gasteiger charge is 2.26. The number of sulfonamides is 1. The first-order valence-electron chi connectivity index (χ1n) is 13.8.